The van der Waals surface area contributed by atoms with Gasteiger partial charge in [-0.05, 0) is 44.0 Å². The fourth-order valence-corrected chi connectivity index (χ4v) is 3.82. The second kappa shape index (κ2) is 9.05. The minimum absolute atomic E-state index is 0.0756. The molecule has 0 unspecified atom stereocenters. The zero-order chi connectivity index (χ0) is 21.8. The van der Waals surface area contributed by atoms with Crippen LogP contribution in [0.3, 0.4) is 0 Å². The number of benzene rings is 2. The number of carboxylic acids is 1. The molecule has 0 saturated carbocycles. The smallest absolute Gasteiger partial charge is 0.331 e. The van der Waals surface area contributed by atoms with Crippen LogP contribution in [0.25, 0.3) is 28.2 Å². The average Bonchev–Trinajstić information content (AvgIpc) is 3.05. The van der Waals surface area contributed by atoms with E-state index < -0.39 is 5.97 Å². The van der Waals surface area contributed by atoms with Crippen molar-refractivity contribution >= 4 is 22.9 Å². The van der Waals surface area contributed by atoms with Gasteiger partial charge in [-0.2, -0.15) is 0 Å². The predicted octanol–water partition coefficient (Wildman–Crippen LogP) is 5.12. The lowest BCUT2D eigenvalue weighted by molar-refractivity contribution is -0.132. The predicted molar refractivity (Wildman–Crippen MR) is 118 cm³/mol. The van der Waals surface area contributed by atoms with E-state index >= 15 is 0 Å². The highest BCUT2D eigenvalue weighted by Gasteiger charge is 2.24. The minimum Gasteiger partial charge on any atom is -0.493 e. The molecule has 0 atom stereocenters. The number of ether oxygens (including phenoxy) is 3. The van der Waals surface area contributed by atoms with Crippen molar-refractivity contribution in [2.75, 3.05) is 21.0 Å². The van der Waals surface area contributed by atoms with E-state index in [0.29, 0.717) is 18.0 Å². The van der Waals surface area contributed by atoms with Gasteiger partial charge in [0, 0.05) is 30.2 Å². The summed E-state index contributed by atoms with van der Waals surface area (Å²) in [4.78, 5) is 11.5. The number of hydrogen-bond donors (Lipinski definition) is 1. The zero-order valence-electron chi connectivity index (χ0n) is 18.0. The van der Waals surface area contributed by atoms with E-state index in [1.165, 1.54) is 0 Å². The number of fused-ring (bicyclic) bond motifs is 1. The van der Waals surface area contributed by atoms with Crippen molar-refractivity contribution in [3.63, 3.8) is 0 Å². The first kappa shape index (κ1) is 21.5. The summed E-state index contributed by atoms with van der Waals surface area (Å²) in [5, 5.41) is 10.3. The number of aliphatic carboxylic acids is 1. The molecule has 30 heavy (non-hydrogen) atoms. The Balaban J connectivity index is 2.48. The summed E-state index contributed by atoms with van der Waals surface area (Å²) in [6, 6.07) is 11.9. The van der Waals surface area contributed by atoms with Crippen LogP contribution < -0.4 is 9.47 Å². The quantitative estimate of drug-likeness (QED) is 0.413. The topological polar surface area (TPSA) is 69.9 Å². The monoisotopic (exact) mass is 409 g/mol. The molecule has 0 aliphatic heterocycles. The molecule has 3 aromatic rings. The molecule has 1 heterocycles. The Bertz CT molecular complexity index is 1100. The van der Waals surface area contributed by atoms with E-state index in [1.54, 1.807) is 27.2 Å². The Kier molecular flexibility index (Phi) is 6.47. The van der Waals surface area contributed by atoms with Crippen LogP contribution in [-0.2, 0) is 16.1 Å². The molecule has 0 spiro atoms. The number of rotatable bonds is 8. The van der Waals surface area contributed by atoms with E-state index in [4.69, 9.17) is 14.2 Å². The van der Waals surface area contributed by atoms with Crippen LogP contribution in [0, 0.1) is 6.92 Å². The molecule has 0 aliphatic carbocycles. The second-order valence-corrected chi connectivity index (χ2v) is 6.99. The summed E-state index contributed by atoms with van der Waals surface area (Å²) in [5.41, 5.74) is 5.08. The molecule has 0 bridgehead atoms. The summed E-state index contributed by atoms with van der Waals surface area (Å²) in [5.74, 6) is 0.151. The second-order valence-electron chi connectivity index (χ2n) is 6.99. The van der Waals surface area contributed by atoms with Crippen LogP contribution in [0.15, 0.2) is 42.0 Å². The molecule has 0 radical (unpaired) electrons. The summed E-state index contributed by atoms with van der Waals surface area (Å²) in [6.07, 6.45) is 1.67. The largest absolute Gasteiger partial charge is 0.493 e. The first-order valence-corrected chi connectivity index (χ1v) is 9.77. The van der Waals surface area contributed by atoms with Gasteiger partial charge in [-0.1, -0.05) is 30.3 Å². The molecule has 0 saturated heterocycles. The van der Waals surface area contributed by atoms with Crippen LogP contribution in [-0.4, -0.2) is 36.7 Å². The summed E-state index contributed by atoms with van der Waals surface area (Å²) in [6.45, 7) is 6.49. The van der Waals surface area contributed by atoms with Crippen molar-refractivity contribution in [3.05, 3.63) is 53.1 Å². The van der Waals surface area contributed by atoms with Gasteiger partial charge in [0.1, 0.15) is 0 Å². The third kappa shape index (κ3) is 3.78. The maximum Gasteiger partial charge on any atom is 0.331 e. The van der Waals surface area contributed by atoms with Crippen molar-refractivity contribution in [1.82, 2.24) is 4.57 Å². The van der Waals surface area contributed by atoms with Gasteiger partial charge >= 0.3 is 5.97 Å². The van der Waals surface area contributed by atoms with Gasteiger partial charge in [0.05, 0.1) is 18.3 Å². The molecule has 158 valence electrons. The fraction of sp³-hybridized carbons (Fsp3) is 0.292. The molecule has 2 aromatic carbocycles. The SMILES string of the molecule is CCn1c(-c2ccccc2)c(C)c2c(OCOC)c(OC)cc(/C=C(\C)C(=O)O)c21. The van der Waals surface area contributed by atoms with Gasteiger partial charge in [0.25, 0.3) is 0 Å². The molecular weight excluding hydrogens is 382 g/mol. The molecule has 1 aromatic heterocycles. The van der Waals surface area contributed by atoms with Crippen LogP contribution >= 0.6 is 0 Å². The maximum absolute atomic E-state index is 11.5. The number of aryl methyl sites for hydroxylation is 2. The first-order valence-electron chi connectivity index (χ1n) is 9.77. The molecule has 0 aliphatic rings. The molecule has 0 fully saturated rings. The zero-order valence-corrected chi connectivity index (χ0v) is 18.0. The fourth-order valence-electron chi connectivity index (χ4n) is 3.82. The molecule has 3 rings (SSSR count). The third-order valence-corrected chi connectivity index (χ3v) is 5.13. The number of carbonyl (C=O) groups is 1. The summed E-state index contributed by atoms with van der Waals surface area (Å²) >= 11 is 0. The van der Waals surface area contributed by atoms with Gasteiger partial charge < -0.3 is 23.9 Å². The molecule has 0 amide bonds. The highest BCUT2D eigenvalue weighted by atomic mass is 16.7. The van der Waals surface area contributed by atoms with Crippen molar-refractivity contribution in [2.45, 2.75) is 27.3 Å². The van der Waals surface area contributed by atoms with Gasteiger partial charge in [-0.25, -0.2) is 4.79 Å². The lowest BCUT2D eigenvalue weighted by atomic mass is 10.0. The third-order valence-electron chi connectivity index (χ3n) is 5.13. The standard InChI is InChI=1S/C24H27NO5/c1-6-25-21(17-10-8-7-9-11-17)16(3)20-22(25)18(12-15(2)24(26)27)13-19(29-5)23(20)30-14-28-4/h7-13H,6,14H2,1-5H3,(H,26,27)/b15-12+. The van der Waals surface area contributed by atoms with Crippen LogP contribution in [0.2, 0.25) is 0 Å². The number of nitrogens with zero attached hydrogens (tertiary/aromatic N) is 1. The van der Waals surface area contributed by atoms with Gasteiger partial charge in [-0.3, -0.25) is 0 Å². The Morgan fingerprint density at radius 2 is 1.90 bits per heavy atom. The van der Waals surface area contributed by atoms with E-state index in [2.05, 4.69) is 23.6 Å². The lowest BCUT2D eigenvalue weighted by Crippen LogP contribution is -2.04. The van der Waals surface area contributed by atoms with Gasteiger partial charge in [0.15, 0.2) is 18.3 Å². The summed E-state index contributed by atoms with van der Waals surface area (Å²) < 4.78 is 18.9. The highest BCUT2D eigenvalue weighted by Crippen LogP contribution is 2.45. The van der Waals surface area contributed by atoms with Crippen molar-refractivity contribution in [3.8, 4) is 22.8 Å². The molecule has 1 N–H and O–H groups in total. The Labute approximate surface area is 176 Å². The van der Waals surface area contributed by atoms with E-state index in [9.17, 15) is 9.90 Å². The van der Waals surface area contributed by atoms with Crippen LogP contribution in [0.5, 0.6) is 11.5 Å². The molecule has 6 heteroatoms. The number of methoxy groups -OCH3 is 2. The maximum atomic E-state index is 11.5. The number of aromatic nitrogens is 1. The normalized spacial score (nSPS) is 11.7. The minimum atomic E-state index is -0.962. The van der Waals surface area contributed by atoms with Crippen LogP contribution in [0.4, 0.5) is 0 Å². The van der Waals surface area contributed by atoms with Crippen molar-refractivity contribution in [1.29, 1.82) is 0 Å². The highest BCUT2D eigenvalue weighted by molar-refractivity contribution is 6.04. The molecular formula is C24H27NO5. The number of carboxylic acid groups (broad SMARTS) is 1. The van der Waals surface area contributed by atoms with Crippen molar-refractivity contribution < 1.29 is 24.1 Å². The van der Waals surface area contributed by atoms with E-state index in [0.717, 1.165) is 33.3 Å². The van der Waals surface area contributed by atoms with E-state index in [1.807, 2.05) is 31.2 Å². The van der Waals surface area contributed by atoms with Crippen molar-refractivity contribution in [2.24, 2.45) is 0 Å². The van der Waals surface area contributed by atoms with E-state index in [-0.39, 0.29) is 12.4 Å². The van der Waals surface area contributed by atoms with Gasteiger partial charge in [0.2, 0.25) is 0 Å². The van der Waals surface area contributed by atoms with Crippen LogP contribution in [0.1, 0.15) is 25.0 Å². The lowest BCUT2D eigenvalue weighted by Gasteiger charge is -2.15. The van der Waals surface area contributed by atoms with Gasteiger partial charge in [-0.15, -0.1) is 0 Å². The Hall–Kier alpha value is -3.25. The number of hydrogen-bond acceptors (Lipinski definition) is 4. The Morgan fingerprint density at radius 3 is 2.47 bits per heavy atom. The Morgan fingerprint density at radius 1 is 1.20 bits per heavy atom. The average molecular weight is 409 g/mol. The summed E-state index contributed by atoms with van der Waals surface area (Å²) in [7, 11) is 3.14. The first-order chi connectivity index (χ1) is 14.4. The molecule has 6 nitrogen and oxygen atoms in total.